The summed E-state index contributed by atoms with van der Waals surface area (Å²) in [4.78, 5) is 13.9. The van der Waals surface area contributed by atoms with Gasteiger partial charge in [0.15, 0.2) is 0 Å². The summed E-state index contributed by atoms with van der Waals surface area (Å²) in [6.45, 7) is 8.88. The summed E-state index contributed by atoms with van der Waals surface area (Å²) in [6, 6.07) is 0. The molecule has 0 radical (unpaired) electrons. The van der Waals surface area contributed by atoms with E-state index in [0.717, 1.165) is 19.6 Å². The first kappa shape index (κ1) is 13.5. The zero-order valence-electron chi connectivity index (χ0n) is 10.9. The first-order chi connectivity index (χ1) is 7.47. The predicted molar refractivity (Wildman–Crippen MR) is 65.4 cm³/mol. The molecule has 1 aliphatic heterocycles. The Morgan fingerprint density at radius 2 is 1.69 bits per heavy atom. The van der Waals surface area contributed by atoms with Crippen molar-refractivity contribution in [3.63, 3.8) is 0 Å². The first-order valence-corrected chi connectivity index (χ1v) is 6.41. The van der Waals surface area contributed by atoms with Gasteiger partial charge in [0.1, 0.15) is 5.60 Å². The molecule has 16 heavy (non-hydrogen) atoms. The van der Waals surface area contributed by atoms with E-state index in [1.807, 2.05) is 20.8 Å². The van der Waals surface area contributed by atoms with Gasteiger partial charge in [0.2, 0.25) is 0 Å². The van der Waals surface area contributed by atoms with Gasteiger partial charge in [-0.25, -0.2) is 0 Å². The molecule has 3 nitrogen and oxygen atoms in total. The maximum absolute atomic E-state index is 11.5. The second-order valence-corrected chi connectivity index (χ2v) is 5.59. The molecule has 0 aromatic rings. The molecule has 0 spiro atoms. The molecule has 1 heterocycles. The highest BCUT2D eigenvalue weighted by Crippen LogP contribution is 2.11. The highest BCUT2D eigenvalue weighted by atomic mass is 16.6. The Balaban J connectivity index is 2.20. The van der Waals surface area contributed by atoms with Crippen molar-refractivity contribution in [1.29, 1.82) is 0 Å². The standard InChI is InChI=1S/C13H25NO2/c1-13(2,3)16-12(15)8-11-14-9-6-4-5-7-10-14/h4-11H2,1-3H3. The third-order valence-corrected chi connectivity index (χ3v) is 2.75. The Morgan fingerprint density at radius 3 is 2.19 bits per heavy atom. The molecular formula is C13H25NO2. The molecule has 0 aromatic heterocycles. The summed E-state index contributed by atoms with van der Waals surface area (Å²) < 4.78 is 5.29. The minimum absolute atomic E-state index is 0.0725. The number of ether oxygens (including phenoxy) is 1. The van der Waals surface area contributed by atoms with Gasteiger partial charge in [-0.1, -0.05) is 12.8 Å². The van der Waals surface area contributed by atoms with Crippen LogP contribution in [-0.4, -0.2) is 36.1 Å². The molecule has 0 aliphatic carbocycles. The average Bonchev–Trinajstić information content (AvgIpc) is 2.39. The molecule has 94 valence electrons. The van der Waals surface area contributed by atoms with Crippen LogP contribution in [0.25, 0.3) is 0 Å². The summed E-state index contributed by atoms with van der Waals surface area (Å²) >= 11 is 0. The molecule has 1 rings (SSSR count). The van der Waals surface area contributed by atoms with Crippen molar-refractivity contribution in [3.05, 3.63) is 0 Å². The second-order valence-electron chi connectivity index (χ2n) is 5.59. The van der Waals surface area contributed by atoms with E-state index in [2.05, 4.69) is 4.90 Å². The summed E-state index contributed by atoms with van der Waals surface area (Å²) in [5.74, 6) is -0.0725. The number of hydrogen-bond donors (Lipinski definition) is 0. The Hall–Kier alpha value is -0.570. The Labute approximate surface area is 99.1 Å². The van der Waals surface area contributed by atoms with Gasteiger partial charge in [-0.2, -0.15) is 0 Å². The molecule has 0 saturated carbocycles. The van der Waals surface area contributed by atoms with Crippen LogP contribution in [-0.2, 0) is 9.53 Å². The highest BCUT2D eigenvalue weighted by Gasteiger charge is 2.17. The normalized spacial score (nSPS) is 19.2. The lowest BCUT2D eigenvalue weighted by Crippen LogP contribution is -2.30. The fourth-order valence-corrected chi connectivity index (χ4v) is 2.00. The third kappa shape index (κ3) is 6.11. The van der Waals surface area contributed by atoms with Crippen LogP contribution in [0.3, 0.4) is 0 Å². The zero-order valence-corrected chi connectivity index (χ0v) is 10.9. The molecule has 1 saturated heterocycles. The van der Waals surface area contributed by atoms with E-state index < -0.39 is 0 Å². The van der Waals surface area contributed by atoms with Crippen molar-refractivity contribution < 1.29 is 9.53 Å². The topological polar surface area (TPSA) is 29.5 Å². The fourth-order valence-electron chi connectivity index (χ4n) is 2.00. The molecular weight excluding hydrogens is 202 g/mol. The maximum atomic E-state index is 11.5. The molecule has 3 heteroatoms. The number of carbonyl (C=O) groups excluding carboxylic acids is 1. The van der Waals surface area contributed by atoms with Gasteiger partial charge >= 0.3 is 5.97 Å². The van der Waals surface area contributed by atoms with Crippen molar-refractivity contribution in [1.82, 2.24) is 4.90 Å². The number of carbonyl (C=O) groups is 1. The van der Waals surface area contributed by atoms with Gasteiger partial charge in [0.05, 0.1) is 6.42 Å². The lowest BCUT2D eigenvalue weighted by atomic mass is 10.2. The van der Waals surface area contributed by atoms with Crippen molar-refractivity contribution >= 4 is 5.97 Å². The van der Waals surface area contributed by atoms with Gasteiger partial charge in [-0.15, -0.1) is 0 Å². The van der Waals surface area contributed by atoms with Crippen molar-refractivity contribution in [2.45, 2.75) is 58.5 Å². The van der Waals surface area contributed by atoms with Crippen LogP contribution in [0.4, 0.5) is 0 Å². The summed E-state index contributed by atoms with van der Waals surface area (Å²) in [5, 5.41) is 0. The van der Waals surface area contributed by atoms with Crippen LogP contribution >= 0.6 is 0 Å². The lowest BCUT2D eigenvalue weighted by molar-refractivity contribution is -0.155. The molecule has 0 N–H and O–H groups in total. The van der Waals surface area contributed by atoms with E-state index in [1.54, 1.807) is 0 Å². The molecule has 1 aliphatic rings. The number of likely N-dealkylation sites (tertiary alicyclic amines) is 1. The Bertz CT molecular complexity index is 212. The van der Waals surface area contributed by atoms with Crippen LogP contribution < -0.4 is 0 Å². The van der Waals surface area contributed by atoms with Crippen molar-refractivity contribution in [2.75, 3.05) is 19.6 Å². The molecule has 0 bridgehead atoms. The summed E-state index contributed by atoms with van der Waals surface area (Å²) in [6.07, 6.45) is 5.74. The van der Waals surface area contributed by atoms with Crippen LogP contribution in [0, 0.1) is 0 Å². The maximum Gasteiger partial charge on any atom is 0.307 e. The predicted octanol–water partition coefficient (Wildman–Crippen LogP) is 2.59. The lowest BCUT2D eigenvalue weighted by Gasteiger charge is -2.22. The SMILES string of the molecule is CC(C)(C)OC(=O)CCN1CCCCCC1. The van der Waals surface area contributed by atoms with Crippen molar-refractivity contribution in [3.8, 4) is 0 Å². The highest BCUT2D eigenvalue weighted by molar-refractivity contribution is 5.70. The summed E-state index contributed by atoms with van der Waals surface area (Å²) in [5.41, 5.74) is -0.351. The minimum Gasteiger partial charge on any atom is -0.460 e. The van der Waals surface area contributed by atoms with E-state index in [1.165, 1.54) is 25.7 Å². The minimum atomic E-state index is -0.351. The van der Waals surface area contributed by atoms with Crippen molar-refractivity contribution in [2.24, 2.45) is 0 Å². The number of esters is 1. The average molecular weight is 227 g/mol. The van der Waals surface area contributed by atoms with E-state index in [4.69, 9.17) is 4.74 Å². The first-order valence-electron chi connectivity index (χ1n) is 6.41. The van der Waals surface area contributed by atoms with E-state index >= 15 is 0 Å². The Morgan fingerprint density at radius 1 is 1.12 bits per heavy atom. The zero-order chi connectivity index (χ0) is 12.0. The molecule has 0 aromatic carbocycles. The second kappa shape index (κ2) is 6.24. The van der Waals surface area contributed by atoms with Crippen LogP contribution in [0.1, 0.15) is 52.9 Å². The molecule has 0 atom stereocenters. The van der Waals surface area contributed by atoms with Crippen LogP contribution in [0.5, 0.6) is 0 Å². The summed E-state index contributed by atoms with van der Waals surface area (Å²) in [7, 11) is 0. The number of nitrogens with zero attached hydrogens (tertiary/aromatic N) is 1. The monoisotopic (exact) mass is 227 g/mol. The molecule has 1 fully saturated rings. The van der Waals surface area contributed by atoms with Gasteiger partial charge in [0, 0.05) is 6.54 Å². The smallest absolute Gasteiger partial charge is 0.307 e. The molecule has 0 unspecified atom stereocenters. The molecule has 0 amide bonds. The van der Waals surface area contributed by atoms with Crippen LogP contribution in [0.15, 0.2) is 0 Å². The van der Waals surface area contributed by atoms with E-state index in [9.17, 15) is 4.79 Å². The number of rotatable bonds is 3. The van der Waals surface area contributed by atoms with E-state index in [-0.39, 0.29) is 11.6 Å². The van der Waals surface area contributed by atoms with Gasteiger partial charge < -0.3 is 9.64 Å². The quantitative estimate of drug-likeness (QED) is 0.694. The van der Waals surface area contributed by atoms with Crippen LogP contribution in [0.2, 0.25) is 0 Å². The third-order valence-electron chi connectivity index (χ3n) is 2.75. The number of hydrogen-bond acceptors (Lipinski definition) is 3. The Kier molecular flexibility index (Phi) is 5.26. The van der Waals surface area contributed by atoms with Gasteiger partial charge in [-0.3, -0.25) is 4.79 Å². The largest absolute Gasteiger partial charge is 0.460 e. The van der Waals surface area contributed by atoms with E-state index in [0.29, 0.717) is 6.42 Å². The fraction of sp³-hybridized carbons (Fsp3) is 0.923. The van der Waals surface area contributed by atoms with Gasteiger partial charge in [0.25, 0.3) is 0 Å². The van der Waals surface area contributed by atoms with Gasteiger partial charge in [-0.05, 0) is 46.7 Å².